The molecular weight excluding hydrogens is 333 g/mol. The van der Waals surface area contributed by atoms with Crippen molar-refractivity contribution in [2.75, 3.05) is 6.54 Å². The van der Waals surface area contributed by atoms with Gasteiger partial charge >= 0.3 is 0 Å². The van der Waals surface area contributed by atoms with Crippen molar-refractivity contribution >= 4 is 21.7 Å². The van der Waals surface area contributed by atoms with Crippen molar-refractivity contribution < 1.29 is 9.18 Å². The Hall–Kier alpha value is -1.52. The normalized spacial score (nSPS) is 13.8. The van der Waals surface area contributed by atoms with Crippen LogP contribution in [0, 0.1) is 5.82 Å². The molecule has 0 atom stereocenters. The molecule has 1 aliphatic rings. The summed E-state index contributed by atoms with van der Waals surface area (Å²) in [6, 6.07) is 10.3. The Morgan fingerprint density at radius 1 is 1.29 bits per heavy atom. The zero-order valence-electron chi connectivity index (χ0n) is 11.5. The third kappa shape index (κ3) is 3.06. The summed E-state index contributed by atoms with van der Waals surface area (Å²) in [7, 11) is 0. The third-order valence-corrected chi connectivity index (χ3v) is 4.54. The van der Waals surface area contributed by atoms with Crippen molar-refractivity contribution in [2.24, 2.45) is 0 Å². The number of halogens is 2. The van der Waals surface area contributed by atoms with Gasteiger partial charge in [0.05, 0.1) is 0 Å². The lowest BCUT2D eigenvalue weighted by Crippen LogP contribution is -2.25. The number of carbonyl (C=O) groups excluding carboxylic acids is 1. The van der Waals surface area contributed by atoms with Crippen LogP contribution in [0.2, 0.25) is 0 Å². The van der Waals surface area contributed by atoms with Crippen LogP contribution in [0.3, 0.4) is 0 Å². The fourth-order valence-corrected chi connectivity index (χ4v) is 3.22. The number of benzene rings is 2. The van der Waals surface area contributed by atoms with E-state index >= 15 is 0 Å². The molecule has 0 unspecified atom stereocenters. The molecule has 1 aliphatic heterocycles. The van der Waals surface area contributed by atoms with Gasteiger partial charge < -0.3 is 5.32 Å². The number of hydrogen-bond acceptors (Lipinski definition) is 2. The summed E-state index contributed by atoms with van der Waals surface area (Å²) in [6.07, 6.45) is 1.16. The number of rotatable bonds is 3. The predicted molar refractivity (Wildman–Crippen MR) is 84.0 cm³/mol. The van der Waals surface area contributed by atoms with Crippen LogP contribution in [0.5, 0.6) is 0 Å². The molecular formula is C17H15BrFNO. The highest BCUT2D eigenvalue weighted by molar-refractivity contribution is 9.10. The number of fused-ring (bicyclic) bond motifs is 1. The monoisotopic (exact) mass is 347 g/mol. The number of nitrogens with one attached hydrogen (secondary N) is 1. The van der Waals surface area contributed by atoms with E-state index in [1.807, 2.05) is 12.1 Å². The summed E-state index contributed by atoms with van der Waals surface area (Å²) < 4.78 is 13.8. The summed E-state index contributed by atoms with van der Waals surface area (Å²) in [4.78, 5) is 12.6. The largest absolute Gasteiger partial charge is 0.312 e. The minimum absolute atomic E-state index is 0.0843. The van der Waals surface area contributed by atoms with E-state index in [1.165, 1.54) is 17.7 Å². The van der Waals surface area contributed by atoms with Crippen LogP contribution in [-0.4, -0.2) is 12.3 Å². The van der Waals surface area contributed by atoms with Crippen LogP contribution in [0.25, 0.3) is 0 Å². The highest BCUT2D eigenvalue weighted by Gasteiger charge is 2.18. The summed E-state index contributed by atoms with van der Waals surface area (Å²) >= 11 is 3.32. The molecule has 3 rings (SSSR count). The van der Waals surface area contributed by atoms with Gasteiger partial charge in [0.1, 0.15) is 5.82 Å². The zero-order chi connectivity index (χ0) is 14.8. The maximum Gasteiger partial charge on any atom is 0.167 e. The SMILES string of the molecule is O=C(Cc1ccc(F)cc1Br)c1cccc2c1CCNC2. The van der Waals surface area contributed by atoms with Gasteiger partial charge in [-0.1, -0.05) is 40.2 Å². The Labute approximate surface area is 131 Å². The quantitative estimate of drug-likeness (QED) is 0.858. The molecule has 2 aromatic carbocycles. The van der Waals surface area contributed by atoms with E-state index in [2.05, 4.69) is 27.3 Å². The number of carbonyl (C=O) groups is 1. The molecule has 0 radical (unpaired) electrons. The van der Waals surface area contributed by atoms with Gasteiger partial charge in [-0.25, -0.2) is 4.39 Å². The first-order valence-electron chi connectivity index (χ1n) is 6.94. The Kier molecular flexibility index (Phi) is 4.17. The van der Waals surface area contributed by atoms with E-state index in [4.69, 9.17) is 0 Å². The third-order valence-electron chi connectivity index (χ3n) is 3.81. The molecule has 1 heterocycles. The van der Waals surface area contributed by atoms with E-state index < -0.39 is 0 Å². The average molecular weight is 348 g/mol. The number of hydrogen-bond donors (Lipinski definition) is 1. The maximum absolute atomic E-state index is 13.1. The molecule has 0 spiro atoms. The van der Waals surface area contributed by atoms with Crippen LogP contribution in [0.15, 0.2) is 40.9 Å². The van der Waals surface area contributed by atoms with E-state index in [-0.39, 0.29) is 18.0 Å². The first kappa shape index (κ1) is 14.4. The van der Waals surface area contributed by atoms with Crippen LogP contribution in [0.4, 0.5) is 4.39 Å². The molecule has 0 fully saturated rings. The van der Waals surface area contributed by atoms with Gasteiger partial charge in [0.25, 0.3) is 0 Å². The average Bonchev–Trinajstić information content (AvgIpc) is 2.49. The van der Waals surface area contributed by atoms with Gasteiger partial charge in [0.15, 0.2) is 5.78 Å². The van der Waals surface area contributed by atoms with Crippen molar-refractivity contribution in [3.05, 3.63) is 68.9 Å². The summed E-state index contributed by atoms with van der Waals surface area (Å²) in [6.45, 7) is 1.72. The highest BCUT2D eigenvalue weighted by Crippen LogP contribution is 2.23. The molecule has 21 heavy (non-hydrogen) atoms. The second kappa shape index (κ2) is 6.08. The van der Waals surface area contributed by atoms with Crippen molar-refractivity contribution in [1.29, 1.82) is 0 Å². The van der Waals surface area contributed by atoms with Crippen molar-refractivity contribution in [3.63, 3.8) is 0 Å². The second-order valence-electron chi connectivity index (χ2n) is 5.21. The van der Waals surface area contributed by atoms with Crippen LogP contribution in [-0.2, 0) is 19.4 Å². The Morgan fingerprint density at radius 3 is 2.95 bits per heavy atom. The van der Waals surface area contributed by atoms with Crippen LogP contribution < -0.4 is 5.32 Å². The molecule has 2 aromatic rings. The van der Waals surface area contributed by atoms with E-state index in [0.29, 0.717) is 4.47 Å². The molecule has 0 aromatic heterocycles. The second-order valence-corrected chi connectivity index (χ2v) is 6.06. The first-order valence-corrected chi connectivity index (χ1v) is 7.73. The Morgan fingerprint density at radius 2 is 2.14 bits per heavy atom. The van der Waals surface area contributed by atoms with Crippen molar-refractivity contribution in [1.82, 2.24) is 5.32 Å². The molecule has 2 nitrogen and oxygen atoms in total. The Bertz CT molecular complexity index is 699. The molecule has 0 aliphatic carbocycles. The van der Waals surface area contributed by atoms with Gasteiger partial charge in [0.2, 0.25) is 0 Å². The van der Waals surface area contributed by atoms with Crippen molar-refractivity contribution in [2.45, 2.75) is 19.4 Å². The van der Waals surface area contributed by atoms with Gasteiger partial charge in [-0.05, 0) is 41.8 Å². The molecule has 0 bridgehead atoms. The highest BCUT2D eigenvalue weighted by atomic mass is 79.9. The minimum atomic E-state index is -0.304. The fourth-order valence-electron chi connectivity index (χ4n) is 2.73. The Balaban J connectivity index is 1.89. The number of Topliss-reactive ketones (excluding diaryl/α,β-unsaturated/α-hetero) is 1. The molecule has 108 valence electrons. The summed E-state index contributed by atoms with van der Waals surface area (Å²) in [5.74, 6) is -0.220. The molecule has 4 heteroatoms. The van der Waals surface area contributed by atoms with Gasteiger partial charge in [-0.15, -0.1) is 0 Å². The van der Waals surface area contributed by atoms with Gasteiger partial charge in [0, 0.05) is 23.0 Å². The molecule has 0 saturated heterocycles. The van der Waals surface area contributed by atoms with Gasteiger partial charge in [-0.3, -0.25) is 4.79 Å². The molecule has 0 saturated carbocycles. The standard InChI is InChI=1S/C17H15BrFNO/c18-16-9-13(19)5-4-11(16)8-17(21)15-3-1-2-12-10-20-7-6-14(12)15/h1-5,9,20H,6-8,10H2. The predicted octanol–water partition coefficient (Wildman–Crippen LogP) is 3.66. The van der Waals surface area contributed by atoms with E-state index in [1.54, 1.807) is 6.07 Å². The number of ketones is 1. The first-order chi connectivity index (χ1) is 10.1. The molecule has 0 amide bonds. The van der Waals surface area contributed by atoms with Crippen molar-refractivity contribution in [3.8, 4) is 0 Å². The lowest BCUT2D eigenvalue weighted by molar-refractivity contribution is 0.0991. The smallest absolute Gasteiger partial charge is 0.167 e. The van der Waals surface area contributed by atoms with Crippen LogP contribution >= 0.6 is 15.9 Å². The van der Waals surface area contributed by atoms with Gasteiger partial charge in [-0.2, -0.15) is 0 Å². The topological polar surface area (TPSA) is 29.1 Å². The fraction of sp³-hybridized carbons (Fsp3) is 0.235. The summed E-state index contributed by atoms with van der Waals surface area (Å²) in [5.41, 5.74) is 3.96. The lowest BCUT2D eigenvalue weighted by Gasteiger charge is -2.19. The summed E-state index contributed by atoms with van der Waals surface area (Å²) in [5, 5.41) is 3.31. The zero-order valence-corrected chi connectivity index (χ0v) is 13.0. The lowest BCUT2D eigenvalue weighted by atomic mass is 9.91. The molecule has 1 N–H and O–H groups in total. The van der Waals surface area contributed by atoms with E-state index in [0.717, 1.165) is 36.2 Å². The van der Waals surface area contributed by atoms with Crippen LogP contribution in [0.1, 0.15) is 27.0 Å². The minimum Gasteiger partial charge on any atom is -0.312 e. The maximum atomic E-state index is 13.1. The van der Waals surface area contributed by atoms with E-state index in [9.17, 15) is 9.18 Å².